The third-order valence-electron chi connectivity index (χ3n) is 3.92. The van der Waals surface area contributed by atoms with Crippen LogP contribution >= 0.6 is 0 Å². The summed E-state index contributed by atoms with van der Waals surface area (Å²) in [5.74, 6) is -1.02. The molecule has 2 N–H and O–H groups in total. The van der Waals surface area contributed by atoms with Crippen molar-refractivity contribution in [2.24, 2.45) is 0 Å². The quantitative estimate of drug-likeness (QED) is 0.499. The van der Waals surface area contributed by atoms with Crippen LogP contribution in [0.25, 0.3) is 0 Å². The van der Waals surface area contributed by atoms with Gasteiger partial charge in [0.15, 0.2) is 11.5 Å². The molecule has 0 aliphatic heterocycles. The zero-order valence-corrected chi connectivity index (χ0v) is 15.4. The van der Waals surface area contributed by atoms with Gasteiger partial charge in [-0.3, -0.25) is 19.7 Å². The normalized spacial score (nSPS) is 11.4. The number of nitro groups is 1. The first-order valence-electron chi connectivity index (χ1n) is 8.44. The van der Waals surface area contributed by atoms with Crippen LogP contribution in [-0.4, -0.2) is 35.6 Å². The maximum Gasteiger partial charge on any atom is 0.305 e. The van der Waals surface area contributed by atoms with Gasteiger partial charge < -0.3 is 19.9 Å². The Hall–Kier alpha value is -3.62. The molecule has 2 aromatic rings. The number of rotatable bonds is 9. The second-order valence-electron chi connectivity index (χ2n) is 5.74. The Labute approximate surface area is 161 Å². The number of nitrogens with zero attached hydrogens (tertiary/aromatic N) is 1. The number of hydrogen-bond donors (Lipinski definition) is 2. The van der Waals surface area contributed by atoms with Crippen LogP contribution in [0.4, 0.5) is 5.69 Å². The van der Waals surface area contributed by atoms with Crippen molar-refractivity contribution in [1.29, 1.82) is 0 Å². The molecule has 148 valence electrons. The van der Waals surface area contributed by atoms with Crippen LogP contribution in [0.3, 0.4) is 0 Å². The molecule has 0 heterocycles. The summed E-state index contributed by atoms with van der Waals surface area (Å²) in [5, 5.41) is 22.9. The molecule has 0 unspecified atom stereocenters. The van der Waals surface area contributed by atoms with Crippen LogP contribution in [0.15, 0.2) is 42.5 Å². The van der Waals surface area contributed by atoms with E-state index in [2.05, 4.69) is 5.32 Å². The molecule has 0 aromatic heterocycles. The van der Waals surface area contributed by atoms with Crippen molar-refractivity contribution in [1.82, 2.24) is 5.32 Å². The maximum absolute atomic E-state index is 12.6. The van der Waals surface area contributed by atoms with Crippen LogP contribution < -0.4 is 14.8 Å². The van der Waals surface area contributed by atoms with E-state index < -0.39 is 29.3 Å². The van der Waals surface area contributed by atoms with Gasteiger partial charge >= 0.3 is 5.97 Å². The van der Waals surface area contributed by atoms with Gasteiger partial charge in [0.2, 0.25) is 0 Å². The van der Waals surface area contributed by atoms with Gasteiger partial charge in [-0.1, -0.05) is 18.2 Å². The lowest BCUT2D eigenvalue weighted by molar-refractivity contribution is -0.385. The van der Waals surface area contributed by atoms with Crippen molar-refractivity contribution >= 4 is 17.6 Å². The van der Waals surface area contributed by atoms with Crippen LogP contribution in [-0.2, 0) is 4.79 Å². The van der Waals surface area contributed by atoms with Crippen molar-refractivity contribution in [2.45, 2.75) is 19.4 Å². The average Bonchev–Trinajstić information content (AvgIpc) is 2.67. The number of carboxylic acid groups (broad SMARTS) is 1. The number of carbonyl (C=O) groups excluding carboxylic acids is 1. The fourth-order valence-corrected chi connectivity index (χ4v) is 2.66. The number of amides is 1. The largest absolute Gasteiger partial charge is 0.493 e. The minimum Gasteiger partial charge on any atom is -0.493 e. The van der Waals surface area contributed by atoms with E-state index in [1.54, 1.807) is 18.2 Å². The van der Waals surface area contributed by atoms with Crippen LogP contribution in [0, 0.1) is 10.1 Å². The lowest BCUT2D eigenvalue weighted by Gasteiger charge is -2.19. The molecule has 0 spiro atoms. The minimum atomic E-state index is -1.14. The van der Waals surface area contributed by atoms with Gasteiger partial charge in [0.25, 0.3) is 11.6 Å². The Morgan fingerprint density at radius 3 is 2.54 bits per heavy atom. The summed E-state index contributed by atoms with van der Waals surface area (Å²) in [6.07, 6.45) is -0.413. The van der Waals surface area contributed by atoms with Crippen molar-refractivity contribution in [2.75, 3.05) is 13.7 Å². The zero-order valence-electron chi connectivity index (χ0n) is 15.4. The van der Waals surface area contributed by atoms with Crippen molar-refractivity contribution in [3.8, 4) is 11.5 Å². The third kappa shape index (κ3) is 4.97. The highest BCUT2D eigenvalue weighted by molar-refractivity contribution is 5.98. The van der Waals surface area contributed by atoms with Gasteiger partial charge in [-0.2, -0.15) is 0 Å². The van der Waals surface area contributed by atoms with Gasteiger partial charge in [0, 0.05) is 6.07 Å². The molecule has 2 rings (SSSR count). The standard InChI is InChI=1S/C19H20N2O7/c1-3-28-16-9-8-12(10-17(16)27-2)14(11-18(22)23)20-19(24)13-6-4-5-7-15(13)21(25)26/h4-10,14H,3,11H2,1-2H3,(H,20,24)(H,22,23)/t14-/m1/s1. The number of methoxy groups -OCH3 is 1. The first kappa shape index (κ1) is 20.7. The molecule has 0 aliphatic carbocycles. The maximum atomic E-state index is 12.6. The van der Waals surface area contributed by atoms with Gasteiger partial charge in [-0.25, -0.2) is 0 Å². The molecule has 1 amide bonds. The first-order valence-corrected chi connectivity index (χ1v) is 8.44. The second-order valence-corrected chi connectivity index (χ2v) is 5.74. The molecule has 0 aliphatic rings. The SMILES string of the molecule is CCOc1ccc([C@@H](CC(=O)O)NC(=O)c2ccccc2[N+](=O)[O-])cc1OC. The molecule has 0 bridgehead atoms. The Kier molecular flexibility index (Phi) is 6.91. The Balaban J connectivity index is 2.36. The number of carboxylic acids is 1. The first-order chi connectivity index (χ1) is 13.4. The van der Waals surface area contributed by atoms with Gasteiger partial charge in [0.1, 0.15) is 5.56 Å². The Morgan fingerprint density at radius 2 is 1.93 bits per heavy atom. The summed E-state index contributed by atoms with van der Waals surface area (Å²) < 4.78 is 10.7. The van der Waals surface area contributed by atoms with Gasteiger partial charge in [-0.05, 0) is 30.7 Å². The lowest BCUT2D eigenvalue weighted by Crippen LogP contribution is -2.30. The van der Waals surface area contributed by atoms with Crippen molar-refractivity contribution in [3.05, 3.63) is 63.7 Å². The number of hydrogen-bond acceptors (Lipinski definition) is 6. The molecule has 9 heteroatoms. The van der Waals surface area contributed by atoms with E-state index in [1.165, 1.54) is 31.4 Å². The third-order valence-corrected chi connectivity index (χ3v) is 3.92. The number of nitrogens with one attached hydrogen (secondary N) is 1. The molecule has 28 heavy (non-hydrogen) atoms. The van der Waals surface area contributed by atoms with Gasteiger partial charge in [0.05, 0.1) is 31.1 Å². The Morgan fingerprint density at radius 1 is 1.21 bits per heavy atom. The number of ether oxygens (including phenoxy) is 2. The number of benzene rings is 2. The van der Waals surface area contributed by atoms with Gasteiger partial charge in [-0.15, -0.1) is 0 Å². The predicted molar refractivity (Wildman–Crippen MR) is 99.7 cm³/mol. The molecular formula is C19H20N2O7. The fourth-order valence-electron chi connectivity index (χ4n) is 2.66. The highest BCUT2D eigenvalue weighted by Crippen LogP contribution is 2.31. The van der Waals surface area contributed by atoms with E-state index in [9.17, 15) is 24.8 Å². The molecule has 1 atom stereocenters. The van der Waals surface area contributed by atoms with Crippen molar-refractivity contribution in [3.63, 3.8) is 0 Å². The predicted octanol–water partition coefficient (Wildman–Crippen LogP) is 2.95. The zero-order chi connectivity index (χ0) is 20.7. The highest BCUT2D eigenvalue weighted by Gasteiger charge is 2.24. The number of para-hydroxylation sites is 1. The summed E-state index contributed by atoms with van der Waals surface area (Å²) in [4.78, 5) is 34.4. The molecule has 0 saturated heterocycles. The molecular weight excluding hydrogens is 368 g/mol. The Bertz CT molecular complexity index is 882. The van der Waals surface area contributed by atoms with E-state index in [0.717, 1.165) is 0 Å². The van der Waals surface area contributed by atoms with E-state index in [-0.39, 0.29) is 11.3 Å². The smallest absolute Gasteiger partial charge is 0.305 e. The number of carbonyl (C=O) groups is 2. The molecule has 0 radical (unpaired) electrons. The number of nitro benzene ring substituents is 1. The lowest BCUT2D eigenvalue weighted by atomic mass is 10.0. The van der Waals surface area contributed by atoms with Crippen LogP contribution in [0.5, 0.6) is 11.5 Å². The molecule has 0 fully saturated rings. The average molecular weight is 388 g/mol. The van der Waals surface area contributed by atoms with E-state index in [1.807, 2.05) is 6.92 Å². The van der Waals surface area contributed by atoms with Crippen LogP contribution in [0.1, 0.15) is 35.3 Å². The summed E-state index contributed by atoms with van der Waals surface area (Å²) in [5.41, 5.74) is -0.0474. The van der Waals surface area contributed by atoms with E-state index >= 15 is 0 Å². The summed E-state index contributed by atoms with van der Waals surface area (Å²) in [6.45, 7) is 2.23. The van der Waals surface area contributed by atoms with Crippen molar-refractivity contribution < 1.29 is 29.1 Å². The summed E-state index contributed by atoms with van der Waals surface area (Å²) in [7, 11) is 1.44. The molecule has 2 aromatic carbocycles. The molecule has 0 saturated carbocycles. The fraction of sp³-hybridized carbons (Fsp3) is 0.263. The second kappa shape index (κ2) is 9.36. The number of aliphatic carboxylic acids is 1. The van der Waals surface area contributed by atoms with E-state index in [4.69, 9.17) is 9.47 Å². The summed E-state index contributed by atoms with van der Waals surface area (Å²) >= 11 is 0. The highest BCUT2D eigenvalue weighted by atomic mass is 16.6. The van der Waals surface area contributed by atoms with Crippen LogP contribution in [0.2, 0.25) is 0 Å². The monoisotopic (exact) mass is 388 g/mol. The summed E-state index contributed by atoms with van der Waals surface area (Å²) in [6, 6.07) is 9.33. The topological polar surface area (TPSA) is 128 Å². The minimum absolute atomic E-state index is 0.152. The van der Waals surface area contributed by atoms with E-state index in [0.29, 0.717) is 23.7 Å². The molecule has 9 nitrogen and oxygen atoms in total.